The summed E-state index contributed by atoms with van der Waals surface area (Å²) in [7, 11) is -5.16. The number of carbonyl (C=O) groups is 1. The molecule has 1 saturated carbocycles. The average Bonchev–Trinajstić information content (AvgIpc) is 3.34. The molecule has 0 aliphatic heterocycles. The highest BCUT2D eigenvalue weighted by molar-refractivity contribution is 7.47. The second-order valence-electron chi connectivity index (χ2n) is 19.9. The van der Waals surface area contributed by atoms with Crippen LogP contribution in [0.1, 0.15) is 239 Å². The van der Waals surface area contributed by atoms with Crippen molar-refractivity contribution < 1.29 is 59.0 Å². The molecule has 0 saturated heterocycles. The van der Waals surface area contributed by atoms with Gasteiger partial charge in [-0.05, 0) is 70.6 Å². The lowest BCUT2D eigenvalue weighted by Gasteiger charge is -2.41. The summed E-state index contributed by atoms with van der Waals surface area (Å²) in [5.74, 6) is -0.610. The van der Waals surface area contributed by atoms with E-state index in [0.29, 0.717) is 19.3 Å². The van der Waals surface area contributed by atoms with E-state index in [1.165, 1.54) is 141 Å². The van der Waals surface area contributed by atoms with E-state index < -0.39 is 75.2 Å². The molecule has 0 aromatic carbocycles. The molecule has 0 bridgehead atoms. The van der Waals surface area contributed by atoms with Crippen molar-refractivity contribution in [3.05, 3.63) is 48.6 Å². The Morgan fingerprint density at radius 3 is 1.26 bits per heavy atom. The standard InChI is InChI=1S/C56H104NO12P/c1-3-5-7-9-11-13-15-17-19-21-23-24-26-28-30-32-34-36-38-40-42-44-49(59)48(46-68-70(66,67)69-56-54(64)52(62)51(61)53(63)55(56)65)57-50(60)45-47(58)43-41-39-37-35-33-31-29-27-25-22-20-18-16-14-12-10-8-6-4-2/h26-29,34,36,42,44,47-49,51-56,58-59,61-65H,3-25,30-33,35,37-41,43,45-46H2,1-2H3,(H,57,60)(H,66,67)/b28-26+,29-27-,36-34+,44-42+. The number of phosphoric acid groups is 1. The van der Waals surface area contributed by atoms with Gasteiger partial charge in [0.15, 0.2) is 0 Å². The van der Waals surface area contributed by atoms with E-state index in [1.54, 1.807) is 6.08 Å². The molecule has 70 heavy (non-hydrogen) atoms. The van der Waals surface area contributed by atoms with Gasteiger partial charge in [-0.1, -0.05) is 210 Å². The number of aliphatic hydroxyl groups excluding tert-OH is 7. The zero-order valence-corrected chi connectivity index (χ0v) is 44.8. The lowest BCUT2D eigenvalue weighted by atomic mass is 9.85. The Morgan fingerprint density at radius 1 is 0.500 bits per heavy atom. The molecule has 0 radical (unpaired) electrons. The maximum absolute atomic E-state index is 13.1. The van der Waals surface area contributed by atoms with E-state index in [-0.39, 0.29) is 6.42 Å². The van der Waals surface area contributed by atoms with Gasteiger partial charge in [-0.2, -0.15) is 0 Å². The summed E-state index contributed by atoms with van der Waals surface area (Å²) in [5, 5.41) is 74.8. The number of unbranched alkanes of at least 4 members (excludes halogenated alkanes) is 28. The Hall–Kier alpha value is -1.74. The van der Waals surface area contributed by atoms with Crippen molar-refractivity contribution in [1.29, 1.82) is 0 Å². The summed E-state index contributed by atoms with van der Waals surface area (Å²) in [6.07, 6.45) is 41.9. The summed E-state index contributed by atoms with van der Waals surface area (Å²) >= 11 is 0. The molecule has 9 N–H and O–H groups in total. The third-order valence-corrected chi connectivity index (χ3v) is 14.3. The molecule has 1 fully saturated rings. The number of aliphatic hydroxyl groups is 7. The van der Waals surface area contributed by atoms with Crippen LogP contribution in [0.25, 0.3) is 0 Å². The van der Waals surface area contributed by atoms with Crippen LogP contribution >= 0.6 is 7.82 Å². The summed E-state index contributed by atoms with van der Waals surface area (Å²) in [4.78, 5) is 23.6. The molecular formula is C56H104NO12P. The first-order valence-electron chi connectivity index (χ1n) is 28.2. The number of allylic oxidation sites excluding steroid dienone is 7. The van der Waals surface area contributed by atoms with E-state index in [0.717, 1.165) is 64.2 Å². The smallest absolute Gasteiger partial charge is 0.393 e. The fourth-order valence-electron chi connectivity index (χ4n) is 8.80. The number of carbonyl (C=O) groups excluding carboxylic acids is 1. The molecule has 410 valence electrons. The van der Waals surface area contributed by atoms with Crippen molar-refractivity contribution >= 4 is 13.7 Å². The van der Waals surface area contributed by atoms with Crippen LogP contribution in [-0.2, 0) is 18.4 Å². The fourth-order valence-corrected chi connectivity index (χ4v) is 9.76. The van der Waals surface area contributed by atoms with Crippen LogP contribution in [0, 0.1) is 0 Å². The molecule has 1 amide bonds. The first-order valence-corrected chi connectivity index (χ1v) is 29.7. The van der Waals surface area contributed by atoms with Gasteiger partial charge in [-0.25, -0.2) is 4.57 Å². The predicted octanol–water partition coefficient (Wildman–Crippen LogP) is 11.4. The SMILES string of the molecule is CCCCCCCCCCCC/C=C\CCCCCCCC(O)CC(=O)NC(COP(=O)(O)OC1C(O)C(O)C(O)C(O)C1O)C(O)/C=C/CC/C=C/CC/C=C/CCCCCCCCCCCCC. The zero-order chi connectivity index (χ0) is 51.5. The molecule has 8 atom stereocenters. The van der Waals surface area contributed by atoms with Crippen LogP contribution in [0.3, 0.4) is 0 Å². The van der Waals surface area contributed by atoms with Crippen molar-refractivity contribution in [3.63, 3.8) is 0 Å². The number of hydrogen-bond donors (Lipinski definition) is 9. The van der Waals surface area contributed by atoms with Gasteiger partial charge < -0.3 is 46.0 Å². The topological polar surface area (TPSA) is 226 Å². The Balaban J connectivity index is 2.48. The normalized spacial score (nSPS) is 22.1. The highest BCUT2D eigenvalue weighted by Crippen LogP contribution is 2.47. The molecule has 0 spiro atoms. The maximum atomic E-state index is 13.1. The van der Waals surface area contributed by atoms with Gasteiger partial charge in [-0.3, -0.25) is 13.8 Å². The molecule has 1 rings (SSSR count). The second kappa shape index (κ2) is 44.7. The third kappa shape index (κ3) is 35.4. The van der Waals surface area contributed by atoms with Crippen molar-refractivity contribution in [2.75, 3.05) is 6.61 Å². The summed E-state index contributed by atoms with van der Waals surface area (Å²) in [5.41, 5.74) is 0. The monoisotopic (exact) mass is 1010 g/mol. The highest BCUT2D eigenvalue weighted by Gasteiger charge is 2.51. The summed E-state index contributed by atoms with van der Waals surface area (Å²) in [6.45, 7) is 3.76. The van der Waals surface area contributed by atoms with Crippen LogP contribution in [-0.4, -0.2) is 108 Å². The summed E-state index contributed by atoms with van der Waals surface area (Å²) < 4.78 is 23.0. The van der Waals surface area contributed by atoms with Gasteiger partial charge >= 0.3 is 7.82 Å². The average molecular weight is 1010 g/mol. The molecular weight excluding hydrogens is 910 g/mol. The van der Waals surface area contributed by atoms with E-state index >= 15 is 0 Å². The van der Waals surface area contributed by atoms with Gasteiger partial charge in [0.1, 0.15) is 36.6 Å². The molecule has 14 heteroatoms. The van der Waals surface area contributed by atoms with Crippen molar-refractivity contribution in [1.82, 2.24) is 5.32 Å². The van der Waals surface area contributed by atoms with E-state index in [2.05, 4.69) is 55.6 Å². The van der Waals surface area contributed by atoms with Crippen molar-refractivity contribution in [2.45, 2.75) is 293 Å². The van der Waals surface area contributed by atoms with Crippen LogP contribution in [0.5, 0.6) is 0 Å². The van der Waals surface area contributed by atoms with Crippen molar-refractivity contribution in [2.24, 2.45) is 0 Å². The van der Waals surface area contributed by atoms with E-state index in [4.69, 9.17) is 9.05 Å². The van der Waals surface area contributed by atoms with Gasteiger partial charge in [0, 0.05) is 0 Å². The largest absolute Gasteiger partial charge is 0.472 e. The Bertz CT molecular complexity index is 1380. The Morgan fingerprint density at radius 2 is 0.843 bits per heavy atom. The number of amides is 1. The van der Waals surface area contributed by atoms with E-state index in [1.807, 2.05) is 0 Å². The number of rotatable bonds is 47. The highest BCUT2D eigenvalue weighted by atomic mass is 31.2. The zero-order valence-electron chi connectivity index (χ0n) is 43.9. The molecule has 0 aromatic heterocycles. The first-order chi connectivity index (χ1) is 33.8. The molecule has 1 aliphatic carbocycles. The van der Waals surface area contributed by atoms with Crippen molar-refractivity contribution in [3.8, 4) is 0 Å². The minimum atomic E-state index is -5.16. The Labute approximate surface area is 425 Å². The van der Waals surface area contributed by atoms with Crippen LogP contribution in [0.4, 0.5) is 0 Å². The molecule has 8 unspecified atom stereocenters. The van der Waals surface area contributed by atoms with Gasteiger partial charge in [-0.15, -0.1) is 0 Å². The molecule has 13 nitrogen and oxygen atoms in total. The molecule has 0 aromatic rings. The lowest BCUT2D eigenvalue weighted by Crippen LogP contribution is -2.64. The molecule has 0 heterocycles. The lowest BCUT2D eigenvalue weighted by molar-refractivity contribution is -0.220. The fraction of sp³-hybridized carbons (Fsp3) is 0.839. The van der Waals surface area contributed by atoms with Gasteiger partial charge in [0.05, 0.1) is 31.3 Å². The summed E-state index contributed by atoms with van der Waals surface area (Å²) in [6, 6.07) is -1.27. The van der Waals surface area contributed by atoms with Crippen LogP contribution in [0.2, 0.25) is 0 Å². The second-order valence-corrected chi connectivity index (χ2v) is 21.4. The number of phosphoric ester groups is 1. The third-order valence-electron chi connectivity index (χ3n) is 13.4. The Kier molecular flexibility index (Phi) is 42.3. The molecule has 1 aliphatic rings. The van der Waals surface area contributed by atoms with E-state index in [9.17, 15) is 50.0 Å². The number of hydrogen-bond acceptors (Lipinski definition) is 11. The quantitative estimate of drug-likeness (QED) is 0.0158. The predicted molar refractivity (Wildman–Crippen MR) is 284 cm³/mol. The van der Waals surface area contributed by atoms with Crippen LogP contribution in [0.15, 0.2) is 48.6 Å². The first kappa shape index (κ1) is 66.3. The minimum absolute atomic E-state index is 0.262. The number of nitrogens with one attached hydrogen (secondary N) is 1. The maximum Gasteiger partial charge on any atom is 0.472 e. The van der Waals surface area contributed by atoms with Gasteiger partial charge in [0.25, 0.3) is 0 Å². The minimum Gasteiger partial charge on any atom is -0.393 e. The van der Waals surface area contributed by atoms with Gasteiger partial charge in [0.2, 0.25) is 5.91 Å². The van der Waals surface area contributed by atoms with Crippen LogP contribution < -0.4 is 5.32 Å².